The third-order valence-corrected chi connectivity index (χ3v) is 8.19. The number of anilines is 3. The molecule has 1 fully saturated rings. The number of benzene rings is 1. The standard InChI is InChI=1S/C26H32N8O4S/c1-16-12-29-26(31-22-11-17(2)34(3)33-22)32-24(16)20-13-28-25-19(20)5-4-6-21(25)30-23(35)14-38-39(36,37)15-18-7-9-27-10-8-18/h4-6,11-13,18,27-28H,7-10,14-15H2,1-3H3,(H,30,35)(H,29,31,32,33). The summed E-state index contributed by atoms with van der Waals surface area (Å²) in [6.07, 6.45) is 5.12. The normalized spacial score (nSPS) is 14.5. The zero-order chi connectivity index (χ0) is 27.6. The van der Waals surface area contributed by atoms with Gasteiger partial charge in [0, 0.05) is 42.2 Å². The van der Waals surface area contributed by atoms with Crippen LogP contribution in [0, 0.1) is 19.8 Å². The number of carbonyl (C=O) groups is 1. The van der Waals surface area contributed by atoms with Gasteiger partial charge in [0.2, 0.25) is 5.95 Å². The second-order valence-corrected chi connectivity index (χ2v) is 11.5. The van der Waals surface area contributed by atoms with Crippen molar-refractivity contribution in [3.05, 3.63) is 47.9 Å². The van der Waals surface area contributed by atoms with Crippen LogP contribution in [0.4, 0.5) is 17.5 Å². The van der Waals surface area contributed by atoms with Gasteiger partial charge < -0.3 is 20.9 Å². The zero-order valence-electron chi connectivity index (χ0n) is 22.1. The first-order valence-corrected chi connectivity index (χ1v) is 14.4. The van der Waals surface area contributed by atoms with Crippen molar-refractivity contribution in [1.29, 1.82) is 0 Å². The maximum Gasteiger partial charge on any atom is 0.268 e. The number of hydrogen-bond donors (Lipinski definition) is 4. The summed E-state index contributed by atoms with van der Waals surface area (Å²) < 4.78 is 31.5. The molecular formula is C26H32N8O4S. The summed E-state index contributed by atoms with van der Waals surface area (Å²) in [5.74, 6) is 0.471. The Morgan fingerprint density at radius 1 is 1.23 bits per heavy atom. The molecule has 4 aromatic rings. The van der Waals surface area contributed by atoms with E-state index >= 15 is 0 Å². The molecule has 39 heavy (non-hydrogen) atoms. The molecule has 4 heterocycles. The van der Waals surface area contributed by atoms with Gasteiger partial charge in [-0.1, -0.05) is 12.1 Å². The fraction of sp³-hybridized carbons (Fsp3) is 0.385. The van der Waals surface area contributed by atoms with E-state index in [-0.39, 0.29) is 11.7 Å². The van der Waals surface area contributed by atoms with Crippen molar-refractivity contribution in [2.24, 2.45) is 13.0 Å². The summed E-state index contributed by atoms with van der Waals surface area (Å²) >= 11 is 0. The van der Waals surface area contributed by atoms with E-state index in [1.807, 2.05) is 45.3 Å². The van der Waals surface area contributed by atoms with Crippen LogP contribution >= 0.6 is 0 Å². The van der Waals surface area contributed by atoms with E-state index in [0.717, 1.165) is 53.8 Å². The number of fused-ring (bicyclic) bond motifs is 1. The maximum absolute atomic E-state index is 12.6. The molecule has 206 valence electrons. The van der Waals surface area contributed by atoms with E-state index in [1.54, 1.807) is 16.9 Å². The number of aromatic nitrogens is 5. The number of carbonyl (C=O) groups excluding carboxylic acids is 1. The summed E-state index contributed by atoms with van der Waals surface area (Å²) in [5, 5.41) is 14.4. The first-order valence-electron chi connectivity index (χ1n) is 12.8. The molecule has 0 spiro atoms. The molecule has 12 nitrogen and oxygen atoms in total. The molecule has 1 saturated heterocycles. The number of H-pyrrole nitrogens is 1. The molecule has 1 amide bonds. The van der Waals surface area contributed by atoms with E-state index < -0.39 is 22.6 Å². The van der Waals surface area contributed by atoms with Crippen molar-refractivity contribution in [2.75, 3.05) is 36.1 Å². The highest BCUT2D eigenvalue weighted by atomic mass is 32.2. The summed E-state index contributed by atoms with van der Waals surface area (Å²) in [5.41, 5.74) is 4.63. The topological polar surface area (TPSA) is 156 Å². The van der Waals surface area contributed by atoms with E-state index in [1.165, 1.54) is 0 Å². The summed E-state index contributed by atoms with van der Waals surface area (Å²) in [6.45, 7) is 4.89. The van der Waals surface area contributed by atoms with Crippen molar-refractivity contribution in [3.8, 4) is 11.3 Å². The second-order valence-electron chi connectivity index (χ2n) is 9.80. The Morgan fingerprint density at radius 2 is 2.03 bits per heavy atom. The Kier molecular flexibility index (Phi) is 7.64. The second kappa shape index (κ2) is 11.1. The molecule has 0 saturated carbocycles. The minimum atomic E-state index is -3.80. The van der Waals surface area contributed by atoms with Crippen molar-refractivity contribution < 1.29 is 17.4 Å². The molecule has 4 N–H and O–H groups in total. The summed E-state index contributed by atoms with van der Waals surface area (Å²) in [6, 6.07) is 7.39. The van der Waals surface area contributed by atoms with E-state index in [4.69, 9.17) is 9.17 Å². The molecule has 1 aliphatic heterocycles. The number of rotatable bonds is 9. The molecule has 1 aromatic carbocycles. The van der Waals surface area contributed by atoms with Gasteiger partial charge >= 0.3 is 0 Å². The lowest BCUT2D eigenvalue weighted by molar-refractivity contribution is -0.118. The van der Waals surface area contributed by atoms with Crippen molar-refractivity contribution in [1.82, 2.24) is 30.0 Å². The summed E-state index contributed by atoms with van der Waals surface area (Å²) in [4.78, 5) is 24.9. The molecule has 1 aliphatic rings. The van der Waals surface area contributed by atoms with E-state index in [0.29, 0.717) is 23.0 Å². The van der Waals surface area contributed by atoms with Gasteiger partial charge in [-0.05, 0) is 57.3 Å². The molecular weight excluding hydrogens is 520 g/mol. The van der Waals surface area contributed by atoms with Gasteiger partial charge in [0.25, 0.3) is 16.0 Å². The lowest BCUT2D eigenvalue weighted by atomic mass is 10.0. The number of amides is 1. The maximum atomic E-state index is 12.6. The fourth-order valence-electron chi connectivity index (χ4n) is 4.68. The van der Waals surface area contributed by atoms with Crippen LogP contribution in [0.15, 0.2) is 36.7 Å². The number of nitrogens with zero attached hydrogens (tertiary/aromatic N) is 4. The molecule has 0 aliphatic carbocycles. The van der Waals surface area contributed by atoms with Crippen molar-refractivity contribution >= 4 is 44.4 Å². The van der Waals surface area contributed by atoms with Crippen molar-refractivity contribution in [2.45, 2.75) is 26.7 Å². The smallest absolute Gasteiger partial charge is 0.268 e. The minimum absolute atomic E-state index is 0.0411. The number of nitrogens with one attached hydrogen (secondary N) is 4. The van der Waals surface area contributed by atoms with Crippen LogP contribution in [0.2, 0.25) is 0 Å². The Morgan fingerprint density at radius 3 is 2.77 bits per heavy atom. The van der Waals surface area contributed by atoms with Crippen LogP contribution < -0.4 is 16.0 Å². The highest BCUT2D eigenvalue weighted by molar-refractivity contribution is 7.86. The summed E-state index contributed by atoms with van der Waals surface area (Å²) in [7, 11) is -1.93. The third kappa shape index (κ3) is 6.27. The average Bonchev–Trinajstić information content (AvgIpc) is 3.47. The fourth-order valence-corrected chi connectivity index (χ4v) is 5.97. The van der Waals surface area contributed by atoms with Gasteiger partial charge in [-0.25, -0.2) is 9.97 Å². The van der Waals surface area contributed by atoms with E-state index in [9.17, 15) is 13.2 Å². The molecule has 3 aromatic heterocycles. The third-order valence-electron chi connectivity index (χ3n) is 6.84. The molecule has 13 heteroatoms. The van der Waals surface area contributed by atoms with Crippen LogP contribution in [0.1, 0.15) is 24.1 Å². The highest BCUT2D eigenvalue weighted by Gasteiger charge is 2.23. The number of piperidine rings is 1. The van der Waals surface area contributed by atoms with Gasteiger partial charge in [0.05, 0.1) is 22.7 Å². The first-order chi connectivity index (χ1) is 18.7. The zero-order valence-corrected chi connectivity index (χ0v) is 22.9. The number of aromatic amines is 1. The molecule has 0 unspecified atom stereocenters. The quantitative estimate of drug-likeness (QED) is 0.229. The Hall–Kier alpha value is -3.81. The van der Waals surface area contributed by atoms with Crippen LogP contribution in [-0.4, -0.2) is 64.5 Å². The van der Waals surface area contributed by atoms with Gasteiger partial charge in [-0.2, -0.15) is 13.5 Å². The number of para-hydroxylation sites is 1. The van der Waals surface area contributed by atoms with Gasteiger partial charge in [0.15, 0.2) is 5.82 Å². The minimum Gasteiger partial charge on any atom is -0.359 e. The lowest BCUT2D eigenvalue weighted by Gasteiger charge is -2.21. The molecule has 0 radical (unpaired) electrons. The molecule has 0 atom stereocenters. The molecule has 5 rings (SSSR count). The van der Waals surface area contributed by atoms with Crippen molar-refractivity contribution in [3.63, 3.8) is 0 Å². The number of hydrogen-bond acceptors (Lipinski definition) is 9. The highest BCUT2D eigenvalue weighted by Crippen LogP contribution is 2.33. The van der Waals surface area contributed by atoms with Gasteiger partial charge in [-0.3, -0.25) is 13.7 Å². The number of aryl methyl sites for hydroxylation is 3. The van der Waals surface area contributed by atoms with Gasteiger partial charge in [0.1, 0.15) is 6.61 Å². The van der Waals surface area contributed by atoms with Gasteiger partial charge in [-0.15, -0.1) is 0 Å². The molecule has 0 bridgehead atoms. The largest absolute Gasteiger partial charge is 0.359 e. The van der Waals surface area contributed by atoms with E-state index in [2.05, 4.69) is 31.0 Å². The Labute approximate surface area is 226 Å². The lowest BCUT2D eigenvalue weighted by Crippen LogP contribution is -2.32. The average molecular weight is 553 g/mol. The Bertz CT molecular complexity index is 1590. The SMILES string of the molecule is Cc1cnc(Nc2cc(C)n(C)n2)nc1-c1c[nH]c2c(NC(=O)COS(=O)(=O)CC3CCNCC3)cccc12. The predicted molar refractivity (Wildman–Crippen MR) is 149 cm³/mol. The monoisotopic (exact) mass is 552 g/mol. The van der Waals surface area contributed by atoms with Crippen LogP contribution in [0.3, 0.4) is 0 Å². The van der Waals surface area contributed by atoms with Crippen LogP contribution in [0.5, 0.6) is 0 Å². The first kappa shape index (κ1) is 26.8. The predicted octanol–water partition coefficient (Wildman–Crippen LogP) is 3.00. The Balaban J connectivity index is 1.30. The van der Waals surface area contributed by atoms with Crippen LogP contribution in [-0.2, 0) is 26.1 Å². The van der Waals surface area contributed by atoms with Crippen LogP contribution in [0.25, 0.3) is 22.2 Å².